The topological polar surface area (TPSA) is 87.3 Å². The fourth-order valence-electron chi connectivity index (χ4n) is 3.57. The maximum Gasteiger partial charge on any atom is 0.339 e. The Hall–Kier alpha value is -2.19. The van der Waals surface area contributed by atoms with Crippen LogP contribution in [0.3, 0.4) is 0 Å². The third kappa shape index (κ3) is 4.44. The molecule has 0 aromatic carbocycles. The largest absolute Gasteiger partial charge is 0.465 e. The Morgan fingerprint density at radius 1 is 1.39 bits per heavy atom. The molecule has 0 spiro atoms. The highest BCUT2D eigenvalue weighted by Crippen LogP contribution is 2.24. The van der Waals surface area contributed by atoms with E-state index in [0.29, 0.717) is 34.1 Å². The summed E-state index contributed by atoms with van der Waals surface area (Å²) >= 11 is 1.42. The van der Waals surface area contributed by atoms with Gasteiger partial charge in [0.05, 0.1) is 18.4 Å². The first-order valence-corrected chi connectivity index (χ1v) is 10.6. The van der Waals surface area contributed by atoms with E-state index in [9.17, 15) is 9.59 Å². The number of nitrogens with zero attached hydrogens (tertiary/aromatic N) is 2. The molecule has 0 aliphatic carbocycles. The number of hydrogen-bond acceptors (Lipinski definition) is 6. The first kappa shape index (κ1) is 20.5. The maximum absolute atomic E-state index is 12.7. The SMILES string of the molecule is CCc1[nH]c(C(=O)Nc2nc(CN3CCC(C)CC3)cs2)c(C)c1C(=O)OC. The summed E-state index contributed by atoms with van der Waals surface area (Å²) in [6.07, 6.45) is 3.05. The number of methoxy groups -OCH3 is 1. The summed E-state index contributed by atoms with van der Waals surface area (Å²) in [6, 6.07) is 0. The smallest absolute Gasteiger partial charge is 0.339 e. The van der Waals surface area contributed by atoms with Gasteiger partial charge >= 0.3 is 5.97 Å². The van der Waals surface area contributed by atoms with Gasteiger partial charge in [-0.2, -0.15) is 0 Å². The average molecular weight is 405 g/mol. The lowest BCUT2D eigenvalue weighted by molar-refractivity contribution is 0.0599. The fraction of sp³-hybridized carbons (Fsp3) is 0.550. The number of likely N-dealkylation sites (tertiary alicyclic amines) is 1. The van der Waals surface area contributed by atoms with Gasteiger partial charge in [0.1, 0.15) is 5.69 Å². The molecule has 1 fully saturated rings. The monoisotopic (exact) mass is 404 g/mol. The number of H-pyrrole nitrogens is 1. The number of piperidine rings is 1. The van der Waals surface area contributed by atoms with Crippen LogP contribution in [0.4, 0.5) is 5.13 Å². The lowest BCUT2D eigenvalue weighted by atomic mass is 9.99. The Bertz CT molecular complexity index is 850. The molecule has 1 aliphatic rings. The van der Waals surface area contributed by atoms with Gasteiger partial charge in [-0.15, -0.1) is 11.3 Å². The first-order valence-electron chi connectivity index (χ1n) is 9.70. The highest BCUT2D eigenvalue weighted by atomic mass is 32.1. The van der Waals surface area contributed by atoms with Crippen molar-refractivity contribution in [3.8, 4) is 0 Å². The van der Waals surface area contributed by atoms with Gasteiger partial charge in [-0.05, 0) is 50.8 Å². The van der Waals surface area contributed by atoms with E-state index < -0.39 is 5.97 Å². The lowest BCUT2D eigenvalue weighted by Crippen LogP contribution is -2.32. The molecule has 152 valence electrons. The Balaban J connectivity index is 1.68. The number of rotatable bonds is 6. The third-order valence-electron chi connectivity index (χ3n) is 5.33. The van der Waals surface area contributed by atoms with Gasteiger partial charge in [0.25, 0.3) is 5.91 Å². The molecule has 0 radical (unpaired) electrons. The molecule has 2 aromatic heterocycles. The zero-order valence-corrected chi connectivity index (χ0v) is 17.7. The number of nitrogens with one attached hydrogen (secondary N) is 2. The number of aryl methyl sites for hydroxylation is 1. The van der Waals surface area contributed by atoms with Crippen LogP contribution in [-0.4, -0.2) is 46.9 Å². The van der Waals surface area contributed by atoms with Crippen molar-refractivity contribution in [2.45, 2.75) is 46.6 Å². The van der Waals surface area contributed by atoms with E-state index >= 15 is 0 Å². The lowest BCUT2D eigenvalue weighted by Gasteiger charge is -2.29. The minimum Gasteiger partial charge on any atom is -0.465 e. The molecule has 0 atom stereocenters. The zero-order chi connectivity index (χ0) is 20.3. The van der Waals surface area contributed by atoms with Gasteiger partial charge in [0.2, 0.25) is 0 Å². The molecule has 1 amide bonds. The van der Waals surface area contributed by atoms with E-state index in [0.717, 1.165) is 31.2 Å². The summed E-state index contributed by atoms with van der Waals surface area (Å²) < 4.78 is 4.85. The second kappa shape index (κ2) is 8.87. The van der Waals surface area contributed by atoms with Crippen LogP contribution in [-0.2, 0) is 17.7 Å². The van der Waals surface area contributed by atoms with E-state index in [1.165, 1.54) is 31.3 Å². The number of aromatic nitrogens is 2. The van der Waals surface area contributed by atoms with Gasteiger partial charge in [0.15, 0.2) is 5.13 Å². The Labute approximate surface area is 169 Å². The molecule has 3 heterocycles. The van der Waals surface area contributed by atoms with Gasteiger partial charge in [-0.25, -0.2) is 9.78 Å². The predicted octanol–water partition coefficient (Wildman–Crippen LogP) is 3.61. The standard InChI is InChI=1S/C20H28N4O3S/c1-5-15-16(19(26)27-4)13(3)17(22-15)18(25)23-20-21-14(11-28-20)10-24-8-6-12(2)7-9-24/h11-12,22H,5-10H2,1-4H3,(H,21,23,25). The van der Waals surface area contributed by atoms with Crippen LogP contribution in [0.5, 0.6) is 0 Å². The fourth-order valence-corrected chi connectivity index (χ4v) is 4.27. The van der Waals surface area contributed by atoms with Crippen LogP contribution in [0.15, 0.2) is 5.38 Å². The normalized spacial score (nSPS) is 15.6. The number of aromatic amines is 1. The van der Waals surface area contributed by atoms with Crippen LogP contribution in [0.25, 0.3) is 0 Å². The summed E-state index contributed by atoms with van der Waals surface area (Å²) in [5.74, 6) is 0.0700. The second-order valence-electron chi connectivity index (χ2n) is 7.38. The number of carbonyl (C=O) groups excluding carboxylic acids is 2. The molecule has 28 heavy (non-hydrogen) atoms. The molecule has 1 aliphatic heterocycles. The van der Waals surface area contributed by atoms with Crippen molar-refractivity contribution >= 4 is 28.3 Å². The van der Waals surface area contributed by atoms with E-state index in [2.05, 4.69) is 27.1 Å². The van der Waals surface area contributed by atoms with Crippen molar-refractivity contribution in [2.75, 3.05) is 25.5 Å². The van der Waals surface area contributed by atoms with E-state index in [1.54, 1.807) is 6.92 Å². The third-order valence-corrected chi connectivity index (χ3v) is 6.14. The highest BCUT2D eigenvalue weighted by Gasteiger charge is 2.24. The van der Waals surface area contributed by atoms with Crippen LogP contribution >= 0.6 is 11.3 Å². The van der Waals surface area contributed by atoms with Gasteiger partial charge < -0.3 is 9.72 Å². The second-order valence-corrected chi connectivity index (χ2v) is 8.24. The molecule has 3 rings (SSSR count). The van der Waals surface area contributed by atoms with E-state index in [4.69, 9.17) is 4.74 Å². The number of esters is 1. The van der Waals surface area contributed by atoms with Gasteiger partial charge in [-0.1, -0.05) is 13.8 Å². The Morgan fingerprint density at radius 2 is 2.11 bits per heavy atom. The Morgan fingerprint density at radius 3 is 2.75 bits per heavy atom. The summed E-state index contributed by atoms with van der Waals surface area (Å²) in [6.45, 7) is 8.98. The zero-order valence-electron chi connectivity index (χ0n) is 16.9. The molecule has 1 saturated heterocycles. The minimum atomic E-state index is -0.433. The van der Waals surface area contributed by atoms with Crippen molar-refractivity contribution in [1.29, 1.82) is 0 Å². The quantitative estimate of drug-likeness (QED) is 0.718. The molecule has 0 saturated carbocycles. The summed E-state index contributed by atoms with van der Waals surface area (Å²) in [4.78, 5) is 34.8. The van der Waals surface area contributed by atoms with Gasteiger partial charge in [-0.3, -0.25) is 15.0 Å². The van der Waals surface area contributed by atoms with Crippen LogP contribution in [0.2, 0.25) is 0 Å². The minimum absolute atomic E-state index is 0.296. The van der Waals surface area contributed by atoms with Crippen LogP contribution in [0, 0.1) is 12.8 Å². The number of hydrogen-bond donors (Lipinski definition) is 2. The maximum atomic E-state index is 12.7. The van der Waals surface area contributed by atoms with E-state index in [-0.39, 0.29) is 5.91 Å². The summed E-state index contributed by atoms with van der Waals surface area (Å²) in [7, 11) is 1.34. The van der Waals surface area contributed by atoms with Crippen molar-refractivity contribution in [3.63, 3.8) is 0 Å². The molecule has 2 aromatic rings. The van der Waals surface area contributed by atoms with Crippen molar-refractivity contribution in [1.82, 2.24) is 14.9 Å². The van der Waals surface area contributed by atoms with Crippen molar-refractivity contribution < 1.29 is 14.3 Å². The van der Waals surface area contributed by atoms with Crippen LogP contribution in [0.1, 0.15) is 64.5 Å². The molecule has 8 heteroatoms. The Kier molecular flexibility index (Phi) is 6.51. The summed E-state index contributed by atoms with van der Waals surface area (Å²) in [5.41, 5.74) is 3.09. The predicted molar refractivity (Wildman–Crippen MR) is 110 cm³/mol. The first-order chi connectivity index (χ1) is 13.4. The molecular formula is C20H28N4O3S. The van der Waals surface area contributed by atoms with E-state index in [1.807, 2.05) is 12.3 Å². The number of anilines is 1. The average Bonchev–Trinajstić information content (AvgIpc) is 3.26. The molecule has 7 nitrogen and oxygen atoms in total. The van der Waals surface area contributed by atoms with Gasteiger partial charge in [0, 0.05) is 17.6 Å². The number of ether oxygens (including phenoxy) is 1. The highest BCUT2D eigenvalue weighted by molar-refractivity contribution is 7.13. The van der Waals surface area contributed by atoms with Crippen LogP contribution < -0.4 is 5.32 Å². The molecule has 0 bridgehead atoms. The number of amides is 1. The number of thiazole rings is 1. The van der Waals surface area contributed by atoms with Crippen molar-refractivity contribution in [2.24, 2.45) is 5.92 Å². The summed E-state index contributed by atoms with van der Waals surface area (Å²) in [5, 5.41) is 5.41. The molecule has 0 unspecified atom stereocenters. The number of carbonyl (C=O) groups is 2. The molecule has 2 N–H and O–H groups in total. The molecular weight excluding hydrogens is 376 g/mol. The van der Waals surface area contributed by atoms with Crippen molar-refractivity contribution in [3.05, 3.63) is 33.6 Å².